The number of nitrogens with two attached hydrogens (primary N) is 1. The highest BCUT2D eigenvalue weighted by atomic mass is 35.5. The smallest absolute Gasteiger partial charge is 0.127 e. The van der Waals surface area contributed by atoms with Crippen LogP contribution in [0.4, 0.5) is 5.82 Å². The molecule has 0 spiro atoms. The second-order valence-corrected chi connectivity index (χ2v) is 5.17. The zero-order valence-electron chi connectivity index (χ0n) is 10.6. The van der Waals surface area contributed by atoms with Gasteiger partial charge in [0, 0.05) is 11.6 Å². The molecule has 0 unspecified atom stereocenters. The minimum absolute atomic E-state index is 0.458. The molecule has 0 aliphatic rings. The van der Waals surface area contributed by atoms with E-state index in [-0.39, 0.29) is 0 Å². The summed E-state index contributed by atoms with van der Waals surface area (Å²) in [4.78, 5) is 0. The molecule has 20 heavy (non-hydrogen) atoms. The summed E-state index contributed by atoms with van der Waals surface area (Å²) in [6.45, 7) is 1.88. The molecule has 0 atom stereocenters. The Kier molecular flexibility index (Phi) is 3.20. The molecule has 0 saturated carbocycles. The van der Waals surface area contributed by atoms with E-state index in [1.54, 1.807) is 29.1 Å². The summed E-state index contributed by atoms with van der Waals surface area (Å²) in [5.41, 5.74) is 8.43. The number of hydrogen-bond acceptors (Lipinski definition) is 3. The highest BCUT2D eigenvalue weighted by Crippen LogP contribution is 2.29. The van der Waals surface area contributed by atoms with Gasteiger partial charge in [-0.1, -0.05) is 23.2 Å². The fourth-order valence-electron chi connectivity index (χ4n) is 2.00. The second kappa shape index (κ2) is 4.89. The average Bonchev–Trinajstić information content (AvgIpc) is 2.99. The summed E-state index contributed by atoms with van der Waals surface area (Å²) in [7, 11) is 0. The Morgan fingerprint density at radius 2 is 1.95 bits per heavy atom. The van der Waals surface area contributed by atoms with E-state index in [1.807, 2.05) is 19.1 Å². The van der Waals surface area contributed by atoms with E-state index in [0.29, 0.717) is 15.9 Å². The van der Waals surface area contributed by atoms with Gasteiger partial charge in [0.1, 0.15) is 11.6 Å². The van der Waals surface area contributed by atoms with Crippen molar-refractivity contribution in [3.05, 3.63) is 52.4 Å². The van der Waals surface area contributed by atoms with E-state index in [4.69, 9.17) is 33.4 Å². The molecule has 0 aliphatic heterocycles. The Morgan fingerprint density at radius 1 is 1.15 bits per heavy atom. The molecule has 6 heteroatoms. The van der Waals surface area contributed by atoms with E-state index in [2.05, 4.69) is 5.10 Å². The molecule has 2 N–H and O–H groups in total. The van der Waals surface area contributed by atoms with Crippen molar-refractivity contribution >= 4 is 29.0 Å². The lowest BCUT2D eigenvalue weighted by Gasteiger charge is -2.05. The van der Waals surface area contributed by atoms with E-state index in [1.165, 1.54) is 0 Å². The van der Waals surface area contributed by atoms with Crippen LogP contribution in [-0.4, -0.2) is 9.78 Å². The van der Waals surface area contributed by atoms with E-state index >= 15 is 0 Å². The molecule has 1 aromatic carbocycles. The third kappa shape index (κ3) is 2.17. The summed E-state index contributed by atoms with van der Waals surface area (Å²) in [5, 5.41) is 5.44. The molecule has 2 aromatic heterocycles. The van der Waals surface area contributed by atoms with Gasteiger partial charge in [0.15, 0.2) is 0 Å². The first-order chi connectivity index (χ1) is 9.56. The summed E-state index contributed by atoms with van der Waals surface area (Å²) in [6, 6.07) is 8.89. The molecule has 102 valence electrons. The van der Waals surface area contributed by atoms with Gasteiger partial charge in [0.2, 0.25) is 0 Å². The molecule has 0 bridgehead atoms. The van der Waals surface area contributed by atoms with Gasteiger partial charge in [0.25, 0.3) is 0 Å². The van der Waals surface area contributed by atoms with Crippen LogP contribution in [0.2, 0.25) is 10.0 Å². The third-order valence-electron chi connectivity index (χ3n) is 3.02. The Balaban J connectivity index is 2.09. The summed E-state index contributed by atoms with van der Waals surface area (Å²) < 4.78 is 6.90. The number of nitrogens with zero attached hydrogens (tertiary/aromatic N) is 2. The van der Waals surface area contributed by atoms with Crippen molar-refractivity contribution in [2.24, 2.45) is 0 Å². The van der Waals surface area contributed by atoms with E-state index in [0.717, 1.165) is 22.7 Å². The van der Waals surface area contributed by atoms with Crippen LogP contribution in [0.1, 0.15) is 5.76 Å². The first kappa shape index (κ1) is 13.1. The average molecular weight is 308 g/mol. The minimum Gasteiger partial charge on any atom is -0.469 e. The fourth-order valence-corrected chi connectivity index (χ4v) is 2.29. The maximum atomic E-state index is 6.02. The lowest BCUT2D eigenvalue weighted by molar-refractivity contribution is 0.535. The fraction of sp³-hybridized carbons (Fsp3) is 0.0714. The van der Waals surface area contributed by atoms with Crippen LogP contribution in [0.5, 0.6) is 0 Å². The summed E-state index contributed by atoms with van der Waals surface area (Å²) in [5.74, 6) is 1.31. The molecule has 3 aromatic rings. The number of aromatic nitrogens is 2. The van der Waals surface area contributed by atoms with Gasteiger partial charge in [-0.3, -0.25) is 0 Å². The SMILES string of the molecule is Cc1occc1-c1cc(N)n(-c2ccc(Cl)c(Cl)c2)n1. The van der Waals surface area contributed by atoms with Crippen LogP contribution in [-0.2, 0) is 0 Å². The normalized spacial score (nSPS) is 10.9. The van der Waals surface area contributed by atoms with Crippen molar-refractivity contribution < 1.29 is 4.42 Å². The number of anilines is 1. The standard InChI is InChI=1S/C14H11Cl2N3O/c1-8-10(4-5-20-8)13-7-14(17)19(18-13)9-2-3-11(15)12(16)6-9/h2-7H,17H2,1H3. The Labute approximate surface area is 125 Å². The van der Waals surface area contributed by atoms with E-state index < -0.39 is 0 Å². The van der Waals surface area contributed by atoms with Gasteiger partial charge in [0.05, 0.1) is 27.7 Å². The zero-order chi connectivity index (χ0) is 14.3. The molecule has 0 saturated heterocycles. The van der Waals surface area contributed by atoms with Crippen LogP contribution < -0.4 is 5.73 Å². The number of benzene rings is 1. The van der Waals surface area contributed by atoms with Gasteiger partial charge < -0.3 is 10.2 Å². The van der Waals surface area contributed by atoms with Gasteiger partial charge in [-0.2, -0.15) is 5.10 Å². The maximum Gasteiger partial charge on any atom is 0.127 e. The van der Waals surface area contributed by atoms with Gasteiger partial charge >= 0.3 is 0 Å². The molecule has 2 heterocycles. The van der Waals surface area contributed by atoms with Crippen LogP contribution in [0.25, 0.3) is 16.9 Å². The molecular formula is C14H11Cl2N3O. The van der Waals surface area contributed by atoms with Crippen molar-refractivity contribution in [2.75, 3.05) is 5.73 Å². The zero-order valence-corrected chi connectivity index (χ0v) is 12.1. The Bertz CT molecular complexity index is 777. The molecule has 3 rings (SSSR count). The lowest BCUT2D eigenvalue weighted by Crippen LogP contribution is -2.01. The minimum atomic E-state index is 0.458. The first-order valence-electron chi connectivity index (χ1n) is 5.91. The van der Waals surface area contributed by atoms with Crippen molar-refractivity contribution in [1.29, 1.82) is 0 Å². The molecule has 0 fully saturated rings. The van der Waals surface area contributed by atoms with Crippen LogP contribution in [0.15, 0.2) is 41.0 Å². The predicted molar refractivity (Wildman–Crippen MR) is 80.4 cm³/mol. The molecule has 4 nitrogen and oxygen atoms in total. The second-order valence-electron chi connectivity index (χ2n) is 4.36. The lowest BCUT2D eigenvalue weighted by atomic mass is 10.2. The van der Waals surface area contributed by atoms with Crippen LogP contribution >= 0.6 is 23.2 Å². The summed E-state index contributed by atoms with van der Waals surface area (Å²) >= 11 is 11.9. The Hall–Kier alpha value is -1.91. The monoisotopic (exact) mass is 307 g/mol. The van der Waals surface area contributed by atoms with Crippen LogP contribution in [0, 0.1) is 6.92 Å². The number of hydrogen-bond donors (Lipinski definition) is 1. The summed E-state index contributed by atoms with van der Waals surface area (Å²) in [6.07, 6.45) is 1.62. The third-order valence-corrected chi connectivity index (χ3v) is 3.76. The van der Waals surface area contributed by atoms with Gasteiger partial charge in [-0.05, 0) is 31.2 Å². The first-order valence-corrected chi connectivity index (χ1v) is 6.67. The highest BCUT2D eigenvalue weighted by Gasteiger charge is 2.13. The molecular weight excluding hydrogens is 297 g/mol. The van der Waals surface area contributed by atoms with Crippen molar-refractivity contribution in [3.63, 3.8) is 0 Å². The van der Waals surface area contributed by atoms with Gasteiger partial charge in [-0.25, -0.2) is 4.68 Å². The van der Waals surface area contributed by atoms with Crippen LogP contribution in [0.3, 0.4) is 0 Å². The highest BCUT2D eigenvalue weighted by molar-refractivity contribution is 6.42. The number of nitrogen functional groups attached to an aromatic ring is 1. The topological polar surface area (TPSA) is 57.0 Å². The number of rotatable bonds is 2. The van der Waals surface area contributed by atoms with Crippen molar-refractivity contribution in [2.45, 2.75) is 6.92 Å². The maximum absolute atomic E-state index is 6.02. The van der Waals surface area contributed by atoms with Gasteiger partial charge in [-0.15, -0.1) is 0 Å². The largest absolute Gasteiger partial charge is 0.469 e. The van der Waals surface area contributed by atoms with Crippen molar-refractivity contribution in [3.8, 4) is 16.9 Å². The molecule has 0 aliphatic carbocycles. The number of halogens is 2. The quantitative estimate of drug-likeness (QED) is 0.766. The predicted octanol–water partition coefficient (Wildman–Crippen LogP) is 4.33. The molecule has 0 radical (unpaired) electrons. The number of aryl methyl sites for hydroxylation is 1. The van der Waals surface area contributed by atoms with Crippen molar-refractivity contribution in [1.82, 2.24) is 9.78 Å². The van der Waals surface area contributed by atoms with E-state index in [9.17, 15) is 0 Å². The molecule has 0 amide bonds. The Morgan fingerprint density at radius 3 is 2.60 bits per heavy atom. The number of furan rings is 1.